The van der Waals surface area contributed by atoms with Crippen molar-refractivity contribution in [2.75, 3.05) is 27.3 Å². The van der Waals surface area contributed by atoms with Gasteiger partial charge in [0.25, 0.3) is 0 Å². The molecule has 0 aromatic rings. The zero-order chi connectivity index (χ0) is 14.1. The van der Waals surface area contributed by atoms with Gasteiger partial charge in [-0.1, -0.05) is 20.3 Å². The number of ether oxygens (including phenoxy) is 2. The van der Waals surface area contributed by atoms with Gasteiger partial charge in [0.05, 0.1) is 19.6 Å². The summed E-state index contributed by atoms with van der Waals surface area (Å²) in [6.07, 6.45) is 1.61. The predicted octanol–water partition coefficient (Wildman–Crippen LogP) is 1.46. The molecule has 0 aromatic carbocycles. The van der Waals surface area contributed by atoms with Crippen LogP contribution in [-0.2, 0) is 19.1 Å². The molecule has 5 nitrogen and oxygen atoms in total. The molecule has 18 heavy (non-hydrogen) atoms. The molecule has 0 aromatic heterocycles. The second-order valence-electron chi connectivity index (χ2n) is 4.42. The SMILES string of the molecule is CCCC(C(=O)OCC)N(C)CC(C)C(=O)OC. The molecule has 0 radical (unpaired) electrons. The van der Waals surface area contributed by atoms with Gasteiger partial charge in [-0.25, -0.2) is 0 Å². The summed E-state index contributed by atoms with van der Waals surface area (Å²) >= 11 is 0. The van der Waals surface area contributed by atoms with Gasteiger partial charge in [0.2, 0.25) is 0 Å². The first-order valence-electron chi connectivity index (χ1n) is 6.42. The molecule has 106 valence electrons. The third kappa shape index (κ3) is 5.49. The van der Waals surface area contributed by atoms with Gasteiger partial charge in [-0.15, -0.1) is 0 Å². The fraction of sp³-hybridized carbons (Fsp3) is 0.846. The van der Waals surface area contributed by atoms with E-state index in [0.29, 0.717) is 13.2 Å². The summed E-state index contributed by atoms with van der Waals surface area (Å²) in [7, 11) is 3.20. The maximum atomic E-state index is 11.8. The summed E-state index contributed by atoms with van der Waals surface area (Å²) in [5.74, 6) is -0.742. The largest absolute Gasteiger partial charge is 0.469 e. The van der Waals surface area contributed by atoms with Crippen LogP contribution in [0.2, 0.25) is 0 Å². The van der Waals surface area contributed by atoms with E-state index in [1.54, 1.807) is 13.8 Å². The molecule has 0 aliphatic heterocycles. The molecule has 0 N–H and O–H groups in total. The smallest absolute Gasteiger partial charge is 0.323 e. The number of hydrogen-bond donors (Lipinski definition) is 0. The second kappa shape index (κ2) is 8.91. The van der Waals surface area contributed by atoms with Crippen LogP contribution in [0.25, 0.3) is 0 Å². The molecule has 0 heterocycles. The zero-order valence-electron chi connectivity index (χ0n) is 12.1. The highest BCUT2D eigenvalue weighted by Crippen LogP contribution is 2.11. The number of methoxy groups -OCH3 is 1. The third-order valence-corrected chi connectivity index (χ3v) is 2.82. The molecule has 0 spiro atoms. The topological polar surface area (TPSA) is 55.8 Å². The summed E-state index contributed by atoms with van der Waals surface area (Å²) in [6, 6.07) is -0.290. The van der Waals surface area contributed by atoms with Crippen LogP contribution in [0.1, 0.15) is 33.6 Å². The molecular formula is C13H25NO4. The Balaban J connectivity index is 4.51. The molecule has 0 saturated carbocycles. The van der Waals surface area contributed by atoms with E-state index in [1.165, 1.54) is 7.11 Å². The number of esters is 2. The average molecular weight is 259 g/mol. The van der Waals surface area contributed by atoms with Crippen LogP contribution >= 0.6 is 0 Å². The molecule has 0 fully saturated rings. The van der Waals surface area contributed by atoms with Crippen molar-refractivity contribution in [2.24, 2.45) is 5.92 Å². The highest BCUT2D eigenvalue weighted by atomic mass is 16.5. The van der Waals surface area contributed by atoms with Crippen LogP contribution in [0, 0.1) is 5.92 Å². The number of carbonyl (C=O) groups excluding carboxylic acids is 2. The quantitative estimate of drug-likeness (QED) is 0.618. The summed E-state index contributed by atoms with van der Waals surface area (Å²) in [4.78, 5) is 25.0. The Morgan fingerprint density at radius 1 is 1.22 bits per heavy atom. The van der Waals surface area contributed by atoms with E-state index in [2.05, 4.69) is 4.74 Å². The maximum absolute atomic E-state index is 11.8. The summed E-state index contributed by atoms with van der Waals surface area (Å²) in [5.41, 5.74) is 0. The highest BCUT2D eigenvalue weighted by Gasteiger charge is 2.26. The van der Waals surface area contributed by atoms with Crippen LogP contribution in [0.5, 0.6) is 0 Å². The first-order valence-corrected chi connectivity index (χ1v) is 6.42. The Kier molecular flexibility index (Phi) is 8.37. The van der Waals surface area contributed by atoms with Crippen LogP contribution in [-0.4, -0.2) is 50.2 Å². The van der Waals surface area contributed by atoms with Gasteiger partial charge in [0.1, 0.15) is 6.04 Å². The fourth-order valence-electron chi connectivity index (χ4n) is 1.87. The van der Waals surface area contributed by atoms with Gasteiger partial charge >= 0.3 is 11.9 Å². The Hall–Kier alpha value is -1.10. The van der Waals surface area contributed by atoms with E-state index in [0.717, 1.165) is 12.8 Å². The number of hydrogen-bond acceptors (Lipinski definition) is 5. The molecule has 0 rings (SSSR count). The lowest BCUT2D eigenvalue weighted by Crippen LogP contribution is -2.43. The molecule has 2 atom stereocenters. The number of carbonyl (C=O) groups is 2. The van der Waals surface area contributed by atoms with Crippen LogP contribution in [0.3, 0.4) is 0 Å². The lowest BCUT2D eigenvalue weighted by atomic mass is 10.1. The first-order chi connectivity index (χ1) is 8.47. The van der Waals surface area contributed by atoms with Gasteiger partial charge in [-0.2, -0.15) is 0 Å². The standard InChI is InChI=1S/C13H25NO4/c1-6-8-11(13(16)18-7-2)14(4)9-10(3)12(15)17-5/h10-11H,6-9H2,1-5H3. The molecular weight excluding hydrogens is 234 g/mol. The number of nitrogens with zero attached hydrogens (tertiary/aromatic N) is 1. The first kappa shape index (κ1) is 16.9. The summed E-state index contributed by atoms with van der Waals surface area (Å²) in [5, 5.41) is 0. The van der Waals surface area contributed by atoms with Gasteiger partial charge < -0.3 is 9.47 Å². The monoisotopic (exact) mass is 259 g/mol. The molecule has 0 bridgehead atoms. The van der Waals surface area contributed by atoms with Crippen LogP contribution in [0.4, 0.5) is 0 Å². The van der Waals surface area contributed by atoms with Crippen molar-refractivity contribution in [3.8, 4) is 0 Å². The van der Waals surface area contributed by atoms with Crippen molar-refractivity contribution < 1.29 is 19.1 Å². The molecule has 0 amide bonds. The fourth-order valence-corrected chi connectivity index (χ4v) is 1.87. The highest BCUT2D eigenvalue weighted by molar-refractivity contribution is 5.76. The van der Waals surface area contributed by atoms with E-state index < -0.39 is 0 Å². The maximum Gasteiger partial charge on any atom is 0.323 e. The normalized spacial score (nSPS) is 14.1. The molecule has 2 unspecified atom stereocenters. The second-order valence-corrected chi connectivity index (χ2v) is 4.42. The van der Waals surface area contributed by atoms with Crippen molar-refractivity contribution in [1.29, 1.82) is 0 Å². The molecule has 5 heteroatoms. The van der Waals surface area contributed by atoms with Gasteiger partial charge in [0.15, 0.2) is 0 Å². The molecule has 0 aliphatic rings. The zero-order valence-corrected chi connectivity index (χ0v) is 12.1. The van der Waals surface area contributed by atoms with E-state index >= 15 is 0 Å². The van der Waals surface area contributed by atoms with Crippen LogP contribution in [0.15, 0.2) is 0 Å². The van der Waals surface area contributed by atoms with Gasteiger partial charge in [-0.3, -0.25) is 14.5 Å². The third-order valence-electron chi connectivity index (χ3n) is 2.82. The Labute approximate surface area is 109 Å². The Bertz CT molecular complexity index is 268. The minimum Gasteiger partial charge on any atom is -0.469 e. The minimum absolute atomic E-state index is 0.223. The van der Waals surface area contributed by atoms with Gasteiger partial charge in [-0.05, 0) is 20.4 Å². The minimum atomic E-state index is -0.290. The van der Waals surface area contributed by atoms with Crippen molar-refractivity contribution in [3.05, 3.63) is 0 Å². The van der Waals surface area contributed by atoms with Crippen molar-refractivity contribution in [2.45, 2.75) is 39.7 Å². The average Bonchev–Trinajstić information content (AvgIpc) is 2.34. The Morgan fingerprint density at radius 2 is 1.83 bits per heavy atom. The number of likely N-dealkylation sites (N-methyl/N-ethyl adjacent to an activating group) is 1. The van der Waals surface area contributed by atoms with Crippen molar-refractivity contribution >= 4 is 11.9 Å². The van der Waals surface area contributed by atoms with E-state index in [1.807, 2.05) is 18.9 Å². The summed E-state index contributed by atoms with van der Waals surface area (Å²) in [6.45, 7) is 6.45. The predicted molar refractivity (Wildman–Crippen MR) is 69.1 cm³/mol. The Morgan fingerprint density at radius 3 is 2.28 bits per heavy atom. The van der Waals surface area contributed by atoms with Gasteiger partial charge in [0, 0.05) is 6.54 Å². The van der Waals surface area contributed by atoms with Crippen molar-refractivity contribution in [3.63, 3.8) is 0 Å². The number of rotatable bonds is 8. The van der Waals surface area contributed by atoms with E-state index in [-0.39, 0.29) is 23.9 Å². The summed E-state index contributed by atoms with van der Waals surface area (Å²) < 4.78 is 9.73. The molecule has 0 saturated heterocycles. The van der Waals surface area contributed by atoms with E-state index in [4.69, 9.17) is 4.74 Å². The lowest BCUT2D eigenvalue weighted by Gasteiger charge is -2.27. The van der Waals surface area contributed by atoms with Crippen molar-refractivity contribution in [1.82, 2.24) is 4.90 Å². The lowest BCUT2D eigenvalue weighted by molar-refractivity contribution is -0.152. The van der Waals surface area contributed by atoms with E-state index in [9.17, 15) is 9.59 Å². The molecule has 0 aliphatic carbocycles. The van der Waals surface area contributed by atoms with Crippen LogP contribution < -0.4 is 0 Å².